The second-order valence-corrected chi connectivity index (χ2v) is 6.17. The van der Waals surface area contributed by atoms with Crippen molar-refractivity contribution >= 4 is 24.3 Å². The predicted molar refractivity (Wildman–Crippen MR) is 97.6 cm³/mol. The second kappa shape index (κ2) is 8.14. The number of rotatable bonds is 5. The first-order valence-electron chi connectivity index (χ1n) is 8.52. The Balaban J connectivity index is 1.46. The van der Waals surface area contributed by atoms with Gasteiger partial charge in [0.15, 0.2) is 0 Å². The fraction of sp³-hybridized carbons (Fsp3) is 0.333. The molecule has 0 atom stereocenters. The molecule has 1 aliphatic heterocycles. The van der Waals surface area contributed by atoms with E-state index in [0.717, 1.165) is 24.5 Å². The molecule has 1 amide bonds. The smallest absolute Gasteiger partial charge is 0.423 e. The fourth-order valence-electron chi connectivity index (χ4n) is 2.99. The topological polar surface area (TPSA) is 76.9 Å². The van der Waals surface area contributed by atoms with Gasteiger partial charge in [0.2, 0.25) is 5.91 Å². The summed E-state index contributed by atoms with van der Waals surface area (Å²) in [5.74, 6) is 1.12. The van der Waals surface area contributed by atoms with E-state index in [9.17, 15) is 4.79 Å². The molecule has 0 aliphatic carbocycles. The molecule has 6 nitrogen and oxygen atoms in total. The van der Waals surface area contributed by atoms with Gasteiger partial charge in [0.1, 0.15) is 5.82 Å². The standard InChI is InChI=1S/C18H22BN3O3/c23-18(9-6-15-4-7-16(8-5-15)19(24)25)22-13-11-21(12-14-22)17-3-1-2-10-20-17/h1-5,7-8,10,24-25H,6,9,11-14H2. The highest BCUT2D eigenvalue weighted by atomic mass is 16.4. The van der Waals surface area contributed by atoms with Crippen LogP contribution in [0.5, 0.6) is 0 Å². The number of amides is 1. The van der Waals surface area contributed by atoms with E-state index >= 15 is 0 Å². The number of nitrogens with zero attached hydrogens (tertiary/aromatic N) is 3. The van der Waals surface area contributed by atoms with Gasteiger partial charge in [-0.15, -0.1) is 0 Å². The average molecular weight is 339 g/mol. The third kappa shape index (κ3) is 4.58. The summed E-state index contributed by atoms with van der Waals surface area (Å²) in [6, 6.07) is 12.9. The number of benzene rings is 1. The SMILES string of the molecule is O=C(CCc1ccc(B(O)O)cc1)N1CCN(c2ccccn2)CC1. The molecule has 1 aliphatic rings. The molecule has 3 rings (SSSR count). The third-order valence-electron chi connectivity index (χ3n) is 4.51. The molecule has 2 aromatic rings. The van der Waals surface area contributed by atoms with Crippen LogP contribution in [-0.4, -0.2) is 59.1 Å². The van der Waals surface area contributed by atoms with E-state index in [1.807, 2.05) is 35.2 Å². The van der Waals surface area contributed by atoms with Gasteiger partial charge in [-0.25, -0.2) is 4.98 Å². The molecule has 0 saturated carbocycles. The van der Waals surface area contributed by atoms with Gasteiger partial charge < -0.3 is 19.8 Å². The van der Waals surface area contributed by atoms with E-state index in [1.54, 1.807) is 18.3 Å². The lowest BCUT2D eigenvalue weighted by Gasteiger charge is -2.35. The molecule has 0 spiro atoms. The number of piperazine rings is 1. The molecule has 1 aromatic heterocycles. The summed E-state index contributed by atoms with van der Waals surface area (Å²) in [6.45, 7) is 3.02. The number of aromatic nitrogens is 1. The largest absolute Gasteiger partial charge is 0.488 e. The van der Waals surface area contributed by atoms with Gasteiger partial charge in [0.25, 0.3) is 0 Å². The molecular formula is C18H22BN3O3. The lowest BCUT2D eigenvalue weighted by Crippen LogP contribution is -2.49. The summed E-state index contributed by atoms with van der Waals surface area (Å²) in [7, 11) is -1.45. The van der Waals surface area contributed by atoms with E-state index in [-0.39, 0.29) is 5.91 Å². The van der Waals surface area contributed by atoms with Crippen molar-refractivity contribution in [1.82, 2.24) is 9.88 Å². The zero-order valence-electron chi connectivity index (χ0n) is 14.1. The van der Waals surface area contributed by atoms with Crippen LogP contribution < -0.4 is 10.4 Å². The minimum atomic E-state index is -1.45. The van der Waals surface area contributed by atoms with E-state index < -0.39 is 7.12 Å². The molecular weight excluding hydrogens is 317 g/mol. The molecule has 130 valence electrons. The second-order valence-electron chi connectivity index (χ2n) is 6.17. The van der Waals surface area contributed by atoms with Crippen molar-refractivity contribution in [1.29, 1.82) is 0 Å². The van der Waals surface area contributed by atoms with Gasteiger partial charge in [0, 0.05) is 38.8 Å². The Morgan fingerprint density at radius 3 is 2.36 bits per heavy atom. The van der Waals surface area contributed by atoms with Crippen LogP contribution in [0.2, 0.25) is 0 Å². The predicted octanol–water partition coefficient (Wildman–Crippen LogP) is 0.0428. The zero-order chi connectivity index (χ0) is 17.6. The first-order valence-corrected chi connectivity index (χ1v) is 8.52. The van der Waals surface area contributed by atoms with Gasteiger partial charge in [0.05, 0.1) is 0 Å². The molecule has 0 radical (unpaired) electrons. The van der Waals surface area contributed by atoms with Crippen LogP contribution in [-0.2, 0) is 11.2 Å². The van der Waals surface area contributed by atoms with Gasteiger partial charge in [-0.2, -0.15) is 0 Å². The summed E-state index contributed by atoms with van der Waals surface area (Å²) < 4.78 is 0. The number of hydrogen-bond donors (Lipinski definition) is 2. The van der Waals surface area contributed by atoms with E-state index in [4.69, 9.17) is 10.0 Å². The van der Waals surface area contributed by atoms with Crippen LogP contribution in [0.3, 0.4) is 0 Å². The lowest BCUT2D eigenvalue weighted by molar-refractivity contribution is -0.131. The highest BCUT2D eigenvalue weighted by Crippen LogP contribution is 2.13. The molecule has 1 fully saturated rings. The third-order valence-corrected chi connectivity index (χ3v) is 4.51. The maximum Gasteiger partial charge on any atom is 0.488 e. The Morgan fingerprint density at radius 1 is 1.04 bits per heavy atom. The summed E-state index contributed by atoms with van der Waals surface area (Å²) >= 11 is 0. The van der Waals surface area contributed by atoms with Crippen molar-refractivity contribution in [3.63, 3.8) is 0 Å². The first-order chi connectivity index (χ1) is 12.1. The molecule has 1 aromatic carbocycles. The normalized spacial score (nSPS) is 14.5. The van der Waals surface area contributed by atoms with Crippen molar-refractivity contribution in [2.45, 2.75) is 12.8 Å². The molecule has 25 heavy (non-hydrogen) atoms. The van der Waals surface area contributed by atoms with Crippen molar-refractivity contribution < 1.29 is 14.8 Å². The van der Waals surface area contributed by atoms with E-state index in [1.165, 1.54) is 0 Å². The number of anilines is 1. The first kappa shape index (κ1) is 17.4. The summed E-state index contributed by atoms with van der Waals surface area (Å²) in [5.41, 5.74) is 1.48. The van der Waals surface area contributed by atoms with Crippen LogP contribution in [0.25, 0.3) is 0 Å². The quantitative estimate of drug-likeness (QED) is 0.753. The Labute approximate surface area is 147 Å². The maximum atomic E-state index is 12.4. The van der Waals surface area contributed by atoms with Gasteiger partial charge in [-0.1, -0.05) is 30.3 Å². The minimum absolute atomic E-state index is 0.159. The van der Waals surface area contributed by atoms with Crippen LogP contribution in [0, 0.1) is 0 Å². The minimum Gasteiger partial charge on any atom is -0.423 e. The number of carbonyl (C=O) groups is 1. The Hall–Kier alpha value is -2.38. The number of hydrogen-bond acceptors (Lipinski definition) is 5. The molecule has 2 N–H and O–H groups in total. The van der Waals surface area contributed by atoms with Crippen LogP contribution in [0.15, 0.2) is 48.7 Å². The molecule has 0 bridgehead atoms. The zero-order valence-corrected chi connectivity index (χ0v) is 14.1. The van der Waals surface area contributed by atoms with E-state index in [2.05, 4.69) is 9.88 Å². The van der Waals surface area contributed by atoms with E-state index in [0.29, 0.717) is 31.4 Å². The van der Waals surface area contributed by atoms with Crippen molar-refractivity contribution in [3.05, 3.63) is 54.2 Å². The number of pyridine rings is 1. The summed E-state index contributed by atoms with van der Waals surface area (Å²) in [6.07, 6.45) is 2.90. The molecule has 7 heteroatoms. The van der Waals surface area contributed by atoms with Crippen LogP contribution in [0.4, 0.5) is 5.82 Å². The Bertz CT molecular complexity index is 686. The Kier molecular flexibility index (Phi) is 5.68. The molecule has 2 heterocycles. The molecule has 0 unspecified atom stereocenters. The fourth-order valence-corrected chi connectivity index (χ4v) is 2.99. The monoisotopic (exact) mass is 339 g/mol. The maximum absolute atomic E-state index is 12.4. The number of aryl methyl sites for hydroxylation is 1. The number of carbonyl (C=O) groups excluding carboxylic acids is 1. The lowest BCUT2D eigenvalue weighted by atomic mass is 9.80. The van der Waals surface area contributed by atoms with Crippen molar-refractivity contribution in [3.8, 4) is 0 Å². The highest BCUT2D eigenvalue weighted by molar-refractivity contribution is 6.58. The van der Waals surface area contributed by atoms with Crippen molar-refractivity contribution in [2.24, 2.45) is 0 Å². The summed E-state index contributed by atoms with van der Waals surface area (Å²) in [5, 5.41) is 18.2. The van der Waals surface area contributed by atoms with Crippen molar-refractivity contribution in [2.75, 3.05) is 31.1 Å². The van der Waals surface area contributed by atoms with Gasteiger partial charge >= 0.3 is 7.12 Å². The average Bonchev–Trinajstić information content (AvgIpc) is 2.67. The highest BCUT2D eigenvalue weighted by Gasteiger charge is 2.21. The molecule has 1 saturated heterocycles. The Morgan fingerprint density at radius 2 is 1.76 bits per heavy atom. The summed E-state index contributed by atoms with van der Waals surface area (Å²) in [4.78, 5) is 20.9. The van der Waals surface area contributed by atoms with Crippen LogP contribution >= 0.6 is 0 Å². The van der Waals surface area contributed by atoms with Gasteiger partial charge in [-0.05, 0) is 29.6 Å². The van der Waals surface area contributed by atoms with Crippen LogP contribution in [0.1, 0.15) is 12.0 Å². The van der Waals surface area contributed by atoms with Gasteiger partial charge in [-0.3, -0.25) is 4.79 Å².